The minimum absolute atomic E-state index is 0.0250. The van der Waals surface area contributed by atoms with E-state index >= 15 is 0 Å². The Labute approximate surface area is 172 Å². The highest BCUT2D eigenvalue weighted by atomic mass is 19.4. The van der Waals surface area contributed by atoms with E-state index in [0.717, 1.165) is 12.1 Å². The predicted octanol–water partition coefficient (Wildman–Crippen LogP) is 3.65. The molecule has 1 aliphatic rings. The van der Waals surface area contributed by atoms with Crippen LogP contribution in [0.3, 0.4) is 0 Å². The SMILES string of the molecule is FC(F)(F)Oc1ccc(-n2cncn2)c(-c2nnc(-c3ccc4c(c3)OCCO4)o2)c1. The molecule has 0 saturated heterocycles. The number of benzene rings is 2. The first-order chi connectivity index (χ1) is 15.0. The number of ether oxygens (including phenoxy) is 3. The molecule has 0 atom stereocenters. The van der Waals surface area contributed by atoms with Crippen LogP contribution in [0.15, 0.2) is 53.5 Å². The number of fused-ring (bicyclic) bond motifs is 1. The molecule has 1 aliphatic heterocycles. The van der Waals surface area contributed by atoms with E-state index in [-0.39, 0.29) is 17.3 Å². The Kier molecular flexibility index (Phi) is 4.46. The second-order valence-corrected chi connectivity index (χ2v) is 6.34. The maximum Gasteiger partial charge on any atom is 0.573 e. The molecule has 158 valence electrons. The molecule has 0 bridgehead atoms. The van der Waals surface area contributed by atoms with Crippen molar-refractivity contribution < 1.29 is 31.8 Å². The first-order valence-corrected chi connectivity index (χ1v) is 8.95. The molecule has 2 aromatic carbocycles. The molecule has 3 heterocycles. The van der Waals surface area contributed by atoms with Crippen LogP contribution in [0.4, 0.5) is 13.2 Å². The second-order valence-electron chi connectivity index (χ2n) is 6.34. The molecule has 0 aliphatic carbocycles. The van der Waals surface area contributed by atoms with E-state index in [2.05, 4.69) is 25.0 Å². The summed E-state index contributed by atoms with van der Waals surface area (Å²) < 4.78 is 60.2. The summed E-state index contributed by atoms with van der Waals surface area (Å²) in [5.41, 5.74) is 1.13. The molecule has 0 unspecified atom stereocenters. The third-order valence-corrected chi connectivity index (χ3v) is 4.31. The fourth-order valence-electron chi connectivity index (χ4n) is 3.04. The first kappa shape index (κ1) is 18.9. The maximum atomic E-state index is 12.7. The van der Waals surface area contributed by atoms with E-state index < -0.39 is 12.1 Å². The highest BCUT2D eigenvalue weighted by molar-refractivity contribution is 5.69. The van der Waals surface area contributed by atoms with E-state index in [1.165, 1.54) is 23.4 Å². The van der Waals surface area contributed by atoms with Gasteiger partial charge in [-0.1, -0.05) is 0 Å². The van der Waals surface area contributed by atoms with E-state index in [9.17, 15) is 13.2 Å². The minimum Gasteiger partial charge on any atom is -0.486 e. The highest BCUT2D eigenvalue weighted by Crippen LogP contribution is 2.36. The fraction of sp³-hybridized carbons (Fsp3) is 0.158. The van der Waals surface area contributed by atoms with Gasteiger partial charge in [-0.3, -0.25) is 0 Å². The Morgan fingerprint density at radius 1 is 0.935 bits per heavy atom. The van der Waals surface area contributed by atoms with Gasteiger partial charge < -0.3 is 18.6 Å². The number of hydrogen-bond donors (Lipinski definition) is 0. The topological polar surface area (TPSA) is 97.3 Å². The third kappa shape index (κ3) is 3.86. The molecule has 0 N–H and O–H groups in total. The van der Waals surface area contributed by atoms with Gasteiger partial charge in [0.15, 0.2) is 11.5 Å². The molecule has 0 amide bonds. The maximum absolute atomic E-state index is 12.7. The Bertz CT molecular complexity index is 1220. The van der Waals surface area contributed by atoms with E-state index in [0.29, 0.717) is 36.0 Å². The van der Waals surface area contributed by atoms with Crippen LogP contribution in [0, 0.1) is 0 Å². The van der Waals surface area contributed by atoms with Crippen LogP contribution < -0.4 is 14.2 Å². The summed E-state index contributed by atoms with van der Waals surface area (Å²) in [4.78, 5) is 3.86. The van der Waals surface area contributed by atoms with Gasteiger partial charge in [-0.25, -0.2) is 9.67 Å². The Balaban J connectivity index is 1.55. The zero-order chi connectivity index (χ0) is 21.4. The Morgan fingerprint density at radius 2 is 1.74 bits per heavy atom. The third-order valence-electron chi connectivity index (χ3n) is 4.31. The van der Waals surface area contributed by atoms with Gasteiger partial charge in [0.25, 0.3) is 0 Å². The zero-order valence-electron chi connectivity index (χ0n) is 15.5. The van der Waals surface area contributed by atoms with Crippen molar-refractivity contribution in [2.45, 2.75) is 6.36 Å². The van der Waals surface area contributed by atoms with Gasteiger partial charge in [0.05, 0.1) is 11.3 Å². The average Bonchev–Trinajstić information content (AvgIpc) is 3.45. The van der Waals surface area contributed by atoms with Crippen LogP contribution >= 0.6 is 0 Å². The van der Waals surface area contributed by atoms with Crippen molar-refractivity contribution >= 4 is 0 Å². The van der Waals surface area contributed by atoms with E-state index in [1.807, 2.05) is 0 Å². The van der Waals surface area contributed by atoms with Crippen molar-refractivity contribution in [2.75, 3.05) is 13.2 Å². The molecule has 12 heteroatoms. The average molecular weight is 431 g/mol. The highest BCUT2D eigenvalue weighted by Gasteiger charge is 2.31. The predicted molar refractivity (Wildman–Crippen MR) is 97.8 cm³/mol. The Hall–Kier alpha value is -4.09. The van der Waals surface area contributed by atoms with Crippen molar-refractivity contribution in [3.05, 3.63) is 49.1 Å². The van der Waals surface area contributed by atoms with Crippen molar-refractivity contribution in [3.8, 4) is 45.8 Å². The largest absolute Gasteiger partial charge is 0.573 e. The number of hydrogen-bond acceptors (Lipinski definition) is 8. The van der Waals surface area contributed by atoms with Crippen LogP contribution in [0.1, 0.15) is 0 Å². The van der Waals surface area contributed by atoms with Crippen molar-refractivity contribution in [2.24, 2.45) is 0 Å². The number of nitrogens with zero attached hydrogens (tertiary/aromatic N) is 5. The van der Waals surface area contributed by atoms with Gasteiger partial charge in [0, 0.05) is 5.56 Å². The quantitative estimate of drug-likeness (QED) is 0.483. The van der Waals surface area contributed by atoms with Crippen LogP contribution in [-0.4, -0.2) is 44.5 Å². The van der Waals surface area contributed by atoms with Gasteiger partial charge in [-0.05, 0) is 36.4 Å². The molecular formula is C19H12F3N5O4. The van der Waals surface area contributed by atoms with Crippen LogP contribution in [0.2, 0.25) is 0 Å². The lowest BCUT2D eigenvalue weighted by atomic mass is 10.1. The second kappa shape index (κ2) is 7.31. The van der Waals surface area contributed by atoms with Gasteiger partial charge in [0.1, 0.15) is 31.6 Å². The molecule has 0 spiro atoms. The van der Waals surface area contributed by atoms with Crippen LogP contribution in [0.25, 0.3) is 28.6 Å². The summed E-state index contributed by atoms with van der Waals surface area (Å²) in [7, 11) is 0. The number of halogens is 3. The summed E-state index contributed by atoms with van der Waals surface area (Å²) in [5.74, 6) is 0.819. The van der Waals surface area contributed by atoms with Gasteiger partial charge >= 0.3 is 6.36 Å². The summed E-state index contributed by atoms with van der Waals surface area (Å²) in [6.07, 6.45) is -2.17. The van der Waals surface area contributed by atoms with Crippen molar-refractivity contribution in [1.82, 2.24) is 25.0 Å². The minimum atomic E-state index is -4.85. The molecular weight excluding hydrogens is 419 g/mol. The standard InChI is InChI=1S/C19H12F3N5O4/c20-19(21,22)31-12-2-3-14(27-10-23-9-24-27)13(8-12)18-26-25-17(30-18)11-1-4-15-16(7-11)29-6-5-28-15/h1-4,7-10H,5-6H2. The summed E-state index contributed by atoms with van der Waals surface area (Å²) in [5, 5.41) is 12.0. The summed E-state index contributed by atoms with van der Waals surface area (Å²) >= 11 is 0. The van der Waals surface area contributed by atoms with Crippen molar-refractivity contribution in [1.29, 1.82) is 0 Å². The molecule has 9 nitrogen and oxygen atoms in total. The molecule has 0 saturated carbocycles. The fourth-order valence-corrected chi connectivity index (χ4v) is 3.04. The van der Waals surface area contributed by atoms with E-state index in [4.69, 9.17) is 13.9 Å². The molecule has 4 aromatic rings. The molecule has 0 radical (unpaired) electrons. The zero-order valence-corrected chi connectivity index (χ0v) is 15.5. The number of aromatic nitrogens is 5. The van der Waals surface area contributed by atoms with Crippen molar-refractivity contribution in [3.63, 3.8) is 0 Å². The van der Waals surface area contributed by atoms with Crippen LogP contribution in [-0.2, 0) is 0 Å². The lowest BCUT2D eigenvalue weighted by Gasteiger charge is -2.18. The summed E-state index contributed by atoms with van der Waals surface area (Å²) in [6.45, 7) is 0.872. The summed E-state index contributed by atoms with van der Waals surface area (Å²) in [6, 6.07) is 8.81. The number of alkyl halides is 3. The van der Waals surface area contributed by atoms with Crippen LogP contribution in [0.5, 0.6) is 17.2 Å². The molecule has 31 heavy (non-hydrogen) atoms. The number of rotatable bonds is 4. The molecule has 5 rings (SSSR count). The normalized spacial score (nSPS) is 13.3. The molecule has 2 aromatic heterocycles. The lowest BCUT2D eigenvalue weighted by Crippen LogP contribution is -2.17. The van der Waals surface area contributed by atoms with E-state index in [1.54, 1.807) is 18.2 Å². The Morgan fingerprint density at radius 3 is 2.52 bits per heavy atom. The van der Waals surface area contributed by atoms with Gasteiger partial charge in [-0.2, -0.15) is 5.10 Å². The van der Waals surface area contributed by atoms with Gasteiger partial charge in [0.2, 0.25) is 11.8 Å². The first-order valence-electron chi connectivity index (χ1n) is 8.95. The monoisotopic (exact) mass is 431 g/mol. The smallest absolute Gasteiger partial charge is 0.486 e. The molecule has 0 fully saturated rings. The lowest BCUT2D eigenvalue weighted by molar-refractivity contribution is -0.274. The van der Waals surface area contributed by atoms with Gasteiger partial charge in [-0.15, -0.1) is 23.4 Å².